The van der Waals surface area contributed by atoms with E-state index in [4.69, 9.17) is 31.9 Å². The zero-order valence-electron chi connectivity index (χ0n) is 30.3. The maximum Gasteiger partial charge on any atom is 0.338 e. The van der Waals surface area contributed by atoms with Crippen LogP contribution in [0.4, 0.5) is 0 Å². The van der Waals surface area contributed by atoms with Crippen molar-refractivity contribution in [1.29, 1.82) is 0 Å². The van der Waals surface area contributed by atoms with Crippen molar-refractivity contribution in [1.82, 2.24) is 0 Å². The lowest BCUT2D eigenvalue weighted by Crippen LogP contribution is -2.82. The number of aliphatic hydroxyl groups is 2. The Hall–Kier alpha value is -2.63. The number of ether oxygens (including phenoxy) is 5. The minimum Gasteiger partial charge on any atom is -0.455 e. The summed E-state index contributed by atoms with van der Waals surface area (Å²) in [6.45, 7) is 7.06. The van der Waals surface area contributed by atoms with E-state index < -0.39 is 96.7 Å². The van der Waals surface area contributed by atoms with Gasteiger partial charge in [-0.15, -0.1) is 0 Å². The fraction of sp³-hybridized carbons (Fsp3) is 0.656. The normalized spacial score (nSPS) is 43.3. The van der Waals surface area contributed by atoms with Crippen molar-refractivity contribution in [2.24, 2.45) is 16.7 Å². The van der Waals surface area contributed by atoms with Crippen LogP contribution in [-0.2, 0) is 33.3 Å². The van der Waals surface area contributed by atoms with Crippen LogP contribution in [0.2, 0.25) is 0 Å². The van der Waals surface area contributed by atoms with Crippen molar-refractivity contribution in [2.75, 3.05) is 20.7 Å². The fourth-order valence-electron chi connectivity index (χ4n) is 7.91. The summed E-state index contributed by atoms with van der Waals surface area (Å²) in [5.41, 5.74) is -7.73. The summed E-state index contributed by atoms with van der Waals surface area (Å²) in [6, 6.07) is 7.80. The second-order valence-electron chi connectivity index (χ2n) is 12.6. The van der Waals surface area contributed by atoms with E-state index in [1.165, 1.54) is 39.8 Å². The van der Waals surface area contributed by atoms with Gasteiger partial charge in [-0.3, -0.25) is 9.59 Å². The molecule has 1 heterocycles. The second kappa shape index (κ2) is 10.5. The van der Waals surface area contributed by atoms with Gasteiger partial charge in [-0.1, -0.05) is 39.0 Å². The number of benzene rings is 1. The van der Waals surface area contributed by atoms with Crippen LogP contribution in [-0.4, -0.2) is 90.3 Å². The SMILES string of the molecule is [2H]C([2H])([2H])O[C@H]1C(=O)[C@]2(C)[C@@H](OC([2H])([2H])[2H])C[C@H]3OC[C@@]3(OC(=O)CC)[C@H]2[C@H](OC(=O)c2ccccc2)C2(O)C[C@H](O)C(C)=C1C2(C)C. The molecule has 10 nitrogen and oxygen atoms in total. The molecule has 5 rings (SSSR count). The quantitative estimate of drug-likeness (QED) is 0.375. The lowest BCUT2D eigenvalue weighted by atomic mass is 9.44. The Kier molecular flexibility index (Phi) is 5.96. The molecule has 1 aromatic carbocycles. The zero-order chi connectivity index (χ0) is 35.8. The lowest BCUT2D eigenvalue weighted by molar-refractivity contribution is -0.347. The predicted octanol–water partition coefficient (Wildman–Crippen LogP) is 2.78. The molecule has 3 fully saturated rings. The van der Waals surface area contributed by atoms with Gasteiger partial charge in [0.1, 0.15) is 23.9 Å². The number of rotatable bonds is 6. The minimum atomic E-state index is -3.18. The molecule has 2 saturated carbocycles. The number of Topliss-reactive ketones (excluding diaryl/α,β-unsaturated/α-hetero) is 1. The van der Waals surface area contributed by atoms with Gasteiger partial charge in [0.15, 0.2) is 11.4 Å². The number of hydrogen-bond donors (Lipinski definition) is 2. The Morgan fingerprint density at radius 3 is 2.43 bits per heavy atom. The first-order valence-electron chi connectivity index (χ1n) is 17.1. The molecular weight excluding hydrogens is 544 g/mol. The molecule has 3 aliphatic carbocycles. The summed E-state index contributed by atoms with van der Waals surface area (Å²) >= 11 is 0. The summed E-state index contributed by atoms with van der Waals surface area (Å²) in [5, 5.41) is 24.5. The summed E-state index contributed by atoms with van der Waals surface area (Å²) in [6.07, 6.45) is -8.74. The lowest BCUT2D eigenvalue weighted by Gasteiger charge is -2.67. The van der Waals surface area contributed by atoms with Gasteiger partial charge in [-0.25, -0.2) is 4.79 Å². The van der Waals surface area contributed by atoms with Gasteiger partial charge in [0, 0.05) is 38.8 Å². The van der Waals surface area contributed by atoms with Crippen molar-refractivity contribution in [3.8, 4) is 0 Å². The van der Waals surface area contributed by atoms with Gasteiger partial charge in [-0.2, -0.15) is 0 Å². The number of methoxy groups -OCH3 is 2. The molecule has 0 amide bonds. The van der Waals surface area contributed by atoms with Crippen LogP contribution in [0.5, 0.6) is 0 Å². The fourth-order valence-corrected chi connectivity index (χ4v) is 7.91. The molecule has 42 heavy (non-hydrogen) atoms. The van der Waals surface area contributed by atoms with Gasteiger partial charge in [-0.05, 0) is 37.1 Å². The van der Waals surface area contributed by atoms with Crippen LogP contribution in [0.25, 0.3) is 0 Å². The zero-order valence-corrected chi connectivity index (χ0v) is 24.3. The molecule has 1 aliphatic heterocycles. The highest BCUT2D eigenvalue weighted by atomic mass is 16.6. The van der Waals surface area contributed by atoms with Crippen LogP contribution in [0.1, 0.15) is 72.5 Å². The molecule has 0 aromatic heterocycles. The largest absolute Gasteiger partial charge is 0.455 e. The molecule has 1 saturated heterocycles. The second-order valence-corrected chi connectivity index (χ2v) is 12.6. The Balaban J connectivity index is 1.88. The topological polar surface area (TPSA) is 138 Å². The molecule has 230 valence electrons. The number of fused-ring (bicyclic) bond motifs is 5. The molecule has 1 unspecified atom stereocenters. The standard InChI is InChI=1S/C32H42O10/c1-8-22(34)42-31-16-40-21(31)14-20(38-6)30(5)25(31)27(41-28(36)18-12-10-9-11-13-18)32(37)15-19(33)17(2)23(29(32,3)4)24(39-7)26(30)35/h9-13,19-21,24-25,27,33,37H,8,14-16H2,1-7H3/t19-,20-,21+,24+,25-,27-,30+,31-,32?/m0/s1/i6D3,7D3. The summed E-state index contributed by atoms with van der Waals surface area (Å²) in [5.74, 6) is -4.22. The first kappa shape index (κ1) is 23.8. The van der Waals surface area contributed by atoms with E-state index in [0.717, 1.165) is 0 Å². The Morgan fingerprint density at radius 2 is 1.83 bits per heavy atom. The van der Waals surface area contributed by atoms with Crippen LogP contribution >= 0.6 is 0 Å². The number of carbonyl (C=O) groups excluding carboxylic acids is 3. The van der Waals surface area contributed by atoms with E-state index in [9.17, 15) is 19.8 Å². The highest BCUT2D eigenvalue weighted by molar-refractivity contribution is 5.94. The molecule has 0 radical (unpaired) electrons. The van der Waals surface area contributed by atoms with Crippen molar-refractivity contribution < 1.29 is 56.5 Å². The number of aliphatic hydroxyl groups excluding tert-OH is 1. The first-order valence-corrected chi connectivity index (χ1v) is 14.1. The molecule has 1 aromatic rings. The van der Waals surface area contributed by atoms with Crippen LogP contribution in [0.3, 0.4) is 0 Å². The molecule has 10 heteroatoms. The average molecular weight is 593 g/mol. The molecule has 2 bridgehead atoms. The van der Waals surface area contributed by atoms with Crippen LogP contribution < -0.4 is 0 Å². The van der Waals surface area contributed by atoms with E-state index in [-0.39, 0.29) is 36.2 Å². The van der Waals surface area contributed by atoms with Crippen LogP contribution in [0, 0.1) is 16.7 Å². The number of hydrogen-bond acceptors (Lipinski definition) is 10. The third-order valence-corrected chi connectivity index (χ3v) is 10.4. The number of ketones is 1. The third-order valence-electron chi connectivity index (χ3n) is 10.4. The monoisotopic (exact) mass is 592 g/mol. The minimum absolute atomic E-state index is 0.0653. The molecular formula is C32H42O10. The molecule has 2 N–H and O–H groups in total. The van der Waals surface area contributed by atoms with Crippen molar-refractivity contribution in [3.63, 3.8) is 0 Å². The molecule has 0 spiro atoms. The molecule has 9 atom stereocenters. The maximum absolute atomic E-state index is 15.3. The number of carbonyl (C=O) groups is 3. The van der Waals surface area contributed by atoms with Gasteiger partial charge in [0.2, 0.25) is 0 Å². The summed E-state index contributed by atoms with van der Waals surface area (Å²) < 4.78 is 77.3. The molecule has 4 aliphatic rings. The average Bonchev–Trinajstić information content (AvgIpc) is 2.97. The smallest absolute Gasteiger partial charge is 0.338 e. The van der Waals surface area contributed by atoms with Crippen LogP contribution in [0.15, 0.2) is 41.5 Å². The van der Waals surface area contributed by atoms with E-state index >= 15 is 4.79 Å². The predicted molar refractivity (Wildman–Crippen MR) is 149 cm³/mol. The van der Waals surface area contributed by atoms with E-state index in [2.05, 4.69) is 0 Å². The van der Waals surface area contributed by atoms with Gasteiger partial charge >= 0.3 is 11.9 Å². The Labute approximate surface area is 254 Å². The first-order chi connectivity index (χ1) is 22.0. The van der Waals surface area contributed by atoms with Gasteiger partial charge in [0.25, 0.3) is 0 Å². The van der Waals surface area contributed by atoms with E-state index in [1.54, 1.807) is 25.1 Å². The van der Waals surface area contributed by atoms with E-state index in [0.29, 0.717) is 0 Å². The van der Waals surface area contributed by atoms with Crippen molar-refractivity contribution in [3.05, 3.63) is 47.0 Å². The van der Waals surface area contributed by atoms with Crippen molar-refractivity contribution in [2.45, 2.75) is 95.6 Å². The highest BCUT2D eigenvalue weighted by Crippen LogP contribution is 2.64. The van der Waals surface area contributed by atoms with E-state index in [1.807, 2.05) is 0 Å². The number of esters is 2. The maximum atomic E-state index is 15.3. The van der Waals surface area contributed by atoms with Gasteiger partial charge in [0.05, 0.1) is 43.9 Å². The van der Waals surface area contributed by atoms with Crippen molar-refractivity contribution >= 4 is 17.7 Å². The summed E-state index contributed by atoms with van der Waals surface area (Å²) in [4.78, 5) is 42.3. The summed E-state index contributed by atoms with van der Waals surface area (Å²) in [7, 11) is -6.27. The Bertz CT molecular complexity index is 1490. The third kappa shape index (κ3) is 4.06. The Morgan fingerprint density at radius 1 is 1.14 bits per heavy atom. The van der Waals surface area contributed by atoms with Gasteiger partial charge < -0.3 is 33.9 Å². The highest BCUT2D eigenvalue weighted by Gasteiger charge is 2.78.